The van der Waals surface area contributed by atoms with Crippen molar-refractivity contribution in [2.75, 3.05) is 0 Å². The number of nitrogens with zero attached hydrogens (tertiary/aromatic N) is 3. The standard InChI is InChI=1S/C10H13N5/c1-2-15-9-6-11-5-8(9)13-10(15)7-3-4-12-14-7/h3-4,11H,2,5-6H2,1H3,(H,12,14). The second kappa shape index (κ2) is 3.20. The van der Waals surface area contributed by atoms with Crippen LogP contribution in [-0.2, 0) is 19.6 Å². The first-order chi connectivity index (χ1) is 7.40. The molecular formula is C10H13N5. The molecular weight excluding hydrogens is 190 g/mol. The molecule has 0 aliphatic carbocycles. The summed E-state index contributed by atoms with van der Waals surface area (Å²) in [4.78, 5) is 4.63. The molecule has 1 aliphatic rings. The number of rotatable bonds is 2. The predicted molar refractivity (Wildman–Crippen MR) is 56.0 cm³/mol. The smallest absolute Gasteiger partial charge is 0.158 e. The second-order valence-electron chi connectivity index (χ2n) is 3.65. The molecule has 5 heteroatoms. The van der Waals surface area contributed by atoms with E-state index in [9.17, 15) is 0 Å². The lowest BCUT2D eigenvalue weighted by atomic mass is 10.4. The summed E-state index contributed by atoms with van der Waals surface area (Å²) in [5.74, 6) is 1.00. The van der Waals surface area contributed by atoms with Crippen molar-refractivity contribution in [2.45, 2.75) is 26.6 Å². The summed E-state index contributed by atoms with van der Waals surface area (Å²) in [7, 11) is 0. The van der Waals surface area contributed by atoms with E-state index in [0.717, 1.165) is 31.2 Å². The van der Waals surface area contributed by atoms with Gasteiger partial charge in [0.25, 0.3) is 0 Å². The van der Waals surface area contributed by atoms with Gasteiger partial charge in [-0.15, -0.1) is 0 Å². The zero-order valence-electron chi connectivity index (χ0n) is 8.62. The van der Waals surface area contributed by atoms with Gasteiger partial charge in [-0.1, -0.05) is 0 Å². The summed E-state index contributed by atoms with van der Waals surface area (Å²) in [5.41, 5.74) is 3.47. The number of hydrogen-bond acceptors (Lipinski definition) is 3. The number of aromatic nitrogens is 4. The average Bonchev–Trinajstić information content (AvgIpc) is 2.93. The third-order valence-electron chi connectivity index (χ3n) is 2.80. The van der Waals surface area contributed by atoms with E-state index in [1.54, 1.807) is 6.20 Å². The highest BCUT2D eigenvalue weighted by Gasteiger charge is 2.21. The number of fused-ring (bicyclic) bond motifs is 1. The summed E-state index contributed by atoms with van der Waals surface area (Å²) < 4.78 is 2.24. The van der Waals surface area contributed by atoms with Crippen molar-refractivity contribution in [2.24, 2.45) is 0 Å². The van der Waals surface area contributed by atoms with Crippen LogP contribution in [0.5, 0.6) is 0 Å². The van der Waals surface area contributed by atoms with E-state index >= 15 is 0 Å². The number of H-pyrrole nitrogens is 1. The highest BCUT2D eigenvalue weighted by Crippen LogP contribution is 2.23. The van der Waals surface area contributed by atoms with Crippen molar-refractivity contribution in [3.63, 3.8) is 0 Å². The Kier molecular flexibility index (Phi) is 1.85. The lowest BCUT2D eigenvalue weighted by Gasteiger charge is -2.06. The highest BCUT2D eigenvalue weighted by molar-refractivity contribution is 5.51. The van der Waals surface area contributed by atoms with E-state index in [-0.39, 0.29) is 0 Å². The van der Waals surface area contributed by atoms with Crippen LogP contribution in [0.2, 0.25) is 0 Å². The molecule has 0 saturated carbocycles. The van der Waals surface area contributed by atoms with Crippen LogP contribution in [0.25, 0.3) is 11.5 Å². The number of aromatic amines is 1. The van der Waals surface area contributed by atoms with Crippen molar-refractivity contribution in [3.05, 3.63) is 23.7 Å². The quantitative estimate of drug-likeness (QED) is 0.762. The topological polar surface area (TPSA) is 58.5 Å². The van der Waals surface area contributed by atoms with Gasteiger partial charge in [-0.3, -0.25) is 5.10 Å². The van der Waals surface area contributed by atoms with Gasteiger partial charge >= 0.3 is 0 Å². The molecule has 0 aromatic carbocycles. The fourth-order valence-electron chi connectivity index (χ4n) is 2.10. The van der Waals surface area contributed by atoms with Crippen molar-refractivity contribution in [3.8, 4) is 11.5 Å². The van der Waals surface area contributed by atoms with Crippen LogP contribution >= 0.6 is 0 Å². The van der Waals surface area contributed by atoms with Gasteiger partial charge < -0.3 is 9.88 Å². The van der Waals surface area contributed by atoms with Crippen LogP contribution < -0.4 is 5.32 Å². The van der Waals surface area contributed by atoms with Crippen molar-refractivity contribution in [1.82, 2.24) is 25.1 Å². The van der Waals surface area contributed by atoms with Crippen LogP contribution in [0.15, 0.2) is 12.3 Å². The normalized spacial score (nSPS) is 14.5. The fourth-order valence-corrected chi connectivity index (χ4v) is 2.10. The minimum Gasteiger partial charge on any atom is -0.326 e. The molecule has 0 unspecified atom stereocenters. The molecule has 3 rings (SSSR count). The van der Waals surface area contributed by atoms with E-state index in [2.05, 4.69) is 32.0 Å². The number of nitrogens with one attached hydrogen (secondary N) is 2. The fraction of sp³-hybridized carbons (Fsp3) is 0.400. The number of hydrogen-bond donors (Lipinski definition) is 2. The van der Waals surface area contributed by atoms with Gasteiger partial charge in [0.15, 0.2) is 5.82 Å². The largest absolute Gasteiger partial charge is 0.326 e. The molecule has 0 amide bonds. The van der Waals surface area contributed by atoms with Crippen molar-refractivity contribution in [1.29, 1.82) is 0 Å². The van der Waals surface area contributed by atoms with Gasteiger partial charge in [0, 0.05) is 25.8 Å². The van der Waals surface area contributed by atoms with E-state index in [1.165, 1.54) is 11.4 Å². The molecule has 5 nitrogen and oxygen atoms in total. The van der Waals surface area contributed by atoms with Gasteiger partial charge in [0.1, 0.15) is 5.69 Å². The lowest BCUT2D eigenvalue weighted by Crippen LogP contribution is -2.08. The third-order valence-corrected chi connectivity index (χ3v) is 2.80. The average molecular weight is 203 g/mol. The van der Waals surface area contributed by atoms with E-state index in [4.69, 9.17) is 0 Å². The molecule has 2 aromatic heterocycles. The Labute approximate surface area is 87.5 Å². The monoisotopic (exact) mass is 203 g/mol. The van der Waals surface area contributed by atoms with E-state index in [1.807, 2.05) is 6.07 Å². The van der Waals surface area contributed by atoms with Crippen LogP contribution in [0, 0.1) is 0 Å². The molecule has 0 atom stereocenters. The minimum atomic E-state index is 0.878. The Morgan fingerprint density at radius 2 is 2.40 bits per heavy atom. The zero-order valence-corrected chi connectivity index (χ0v) is 8.62. The zero-order chi connectivity index (χ0) is 10.3. The van der Waals surface area contributed by atoms with Gasteiger partial charge in [-0.25, -0.2) is 4.98 Å². The molecule has 1 aliphatic heterocycles. The summed E-state index contributed by atoms with van der Waals surface area (Å²) in [5, 5.41) is 10.2. The Morgan fingerprint density at radius 3 is 3.13 bits per heavy atom. The number of imidazole rings is 1. The van der Waals surface area contributed by atoms with Crippen LogP contribution in [0.1, 0.15) is 18.3 Å². The molecule has 15 heavy (non-hydrogen) atoms. The molecule has 2 aromatic rings. The van der Waals surface area contributed by atoms with E-state index in [0.29, 0.717) is 0 Å². The van der Waals surface area contributed by atoms with Crippen LogP contribution in [-0.4, -0.2) is 19.7 Å². The Morgan fingerprint density at radius 1 is 1.47 bits per heavy atom. The van der Waals surface area contributed by atoms with Gasteiger partial charge in [-0.05, 0) is 13.0 Å². The maximum Gasteiger partial charge on any atom is 0.158 e. The SMILES string of the molecule is CCn1c(-c2ccn[nH]2)nc2c1CNC2. The van der Waals surface area contributed by atoms with Gasteiger partial charge in [0.05, 0.1) is 11.4 Å². The molecule has 0 fully saturated rings. The Bertz CT molecular complexity index is 468. The Balaban J connectivity index is 2.16. The first-order valence-corrected chi connectivity index (χ1v) is 5.19. The van der Waals surface area contributed by atoms with Gasteiger partial charge in [0.2, 0.25) is 0 Å². The third kappa shape index (κ3) is 1.20. The minimum absolute atomic E-state index is 0.878. The molecule has 2 N–H and O–H groups in total. The summed E-state index contributed by atoms with van der Waals surface area (Å²) in [6, 6.07) is 1.96. The lowest BCUT2D eigenvalue weighted by molar-refractivity contribution is 0.676. The molecule has 0 bridgehead atoms. The summed E-state index contributed by atoms with van der Waals surface area (Å²) >= 11 is 0. The molecule has 0 spiro atoms. The molecule has 0 saturated heterocycles. The first kappa shape index (κ1) is 8.67. The second-order valence-corrected chi connectivity index (χ2v) is 3.65. The van der Waals surface area contributed by atoms with Crippen LogP contribution in [0.3, 0.4) is 0 Å². The Hall–Kier alpha value is -1.62. The van der Waals surface area contributed by atoms with Crippen molar-refractivity contribution < 1.29 is 0 Å². The van der Waals surface area contributed by atoms with E-state index < -0.39 is 0 Å². The summed E-state index contributed by atoms with van der Waals surface area (Å²) in [6.07, 6.45) is 1.76. The van der Waals surface area contributed by atoms with Crippen LogP contribution in [0.4, 0.5) is 0 Å². The highest BCUT2D eigenvalue weighted by atomic mass is 15.2. The summed E-state index contributed by atoms with van der Waals surface area (Å²) in [6.45, 7) is 4.88. The first-order valence-electron chi connectivity index (χ1n) is 5.19. The maximum atomic E-state index is 4.63. The maximum absolute atomic E-state index is 4.63. The van der Waals surface area contributed by atoms with Gasteiger partial charge in [-0.2, -0.15) is 5.10 Å². The predicted octanol–water partition coefficient (Wildman–Crippen LogP) is 0.896. The molecule has 78 valence electrons. The molecule has 3 heterocycles. The van der Waals surface area contributed by atoms with Crippen molar-refractivity contribution >= 4 is 0 Å². The molecule has 0 radical (unpaired) electrons.